The molecule has 0 fully saturated rings. The third-order valence-corrected chi connectivity index (χ3v) is 7.48. The van der Waals surface area contributed by atoms with Gasteiger partial charge in [-0.15, -0.1) is 0 Å². The lowest BCUT2D eigenvalue weighted by Crippen LogP contribution is -2.39. The molecule has 222 valence electrons. The lowest BCUT2D eigenvalue weighted by Gasteiger charge is -2.28. The van der Waals surface area contributed by atoms with Gasteiger partial charge in [0.25, 0.3) is 11.8 Å². The highest BCUT2D eigenvalue weighted by Gasteiger charge is 2.52. The van der Waals surface area contributed by atoms with Crippen LogP contribution in [0.5, 0.6) is 0 Å². The Morgan fingerprint density at radius 1 is 0.837 bits per heavy atom. The average molecular weight is 583 g/mol. The molecule has 0 radical (unpaired) electrons. The molecule has 2 aromatic rings. The molecule has 10 heteroatoms. The average Bonchev–Trinajstić information content (AvgIpc) is 3.48. The molecule has 2 heterocycles. The lowest BCUT2D eigenvalue weighted by molar-refractivity contribution is -0.130. The van der Waals surface area contributed by atoms with E-state index in [0.717, 1.165) is 16.2 Å². The molecule has 4 rings (SSSR count). The van der Waals surface area contributed by atoms with Crippen molar-refractivity contribution in [3.05, 3.63) is 81.9 Å². The van der Waals surface area contributed by atoms with Crippen LogP contribution in [-0.4, -0.2) is 52.4 Å². The van der Waals surface area contributed by atoms with E-state index in [2.05, 4.69) is 20.8 Å². The minimum atomic E-state index is -0.991. The number of rotatable bonds is 7. The van der Waals surface area contributed by atoms with Crippen LogP contribution in [0.4, 0.5) is 4.79 Å². The van der Waals surface area contributed by atoms with Crippen LogP contribution in [0.15, 0.2) is 59.7 Å². The number of nitrogens with zero attached hydrogens (tertiary/aromatic N) is 4. The van der Waals surface area contributed by atoms with Gasteiger partial charge in [-0.05, 0) is 64.8 Å². The fraction of sp³-hybridized carbons (Fsp3) is 0.333. The Labute approximate surface area is 251 Å². The molecule has 0 N–H and O–H groups in total. The predicted molar refractivity (Wildman–Crippen MR) is 158 cm³/mol. The van der Waals surface area contributed by atoms with Crippen molar-refractivity contribution < 1.29 is 28.7 Å². The smallest absolute Gasteiger partial charge is 0.422 e. The van der Waals surface area contributed by atoms with Gasteiger partial charge in [0.2, 0.25) is 6.41 Å². The van der Waals surface area contributed by atoms with Crippen LogP contribution < -0.4 is 0 Å². The number of amides is 4. The normalized spacial score (nSPS) is 14.6. The third kappa shape index (κ3) is 6.56. The molecule has 0 spiro atoms. The molecule has 0 saturated heterocycles. The summed E-state index contributed by atoms with van der Waals surface area (Å²) in [5.74, 6) is -1.66. The molecule has 0 aliphatic carbocycles. The number of carbonyl (C=O) groups excluding carboxylic acids is 4. The maximum absolute atomic E-state index is 13.8. The summed E-state index contributed by atoms with van der Waals surface area (Å²) < 4.78 is 10.7. The van der Waals surface area contributed by atoms with Crippen molar-refractivity contribution in [2.24, 2.45) is 0 Å². The number of imide groups is 2. The lowest BCUT2D eigenvalue weighted by atomic mass is 10.0. The van der Waals surface area contributed by atoms with Crippen LogP contribution in [0.1, 0.15) is 76.6 Å². The molecule has 4 amide bonds. The molecule has 2 aliphatic heterocycles. The van der Waals surface area contributed by atoms with Gasteiger partial charge in [-0.2, -0.15) is 10.5 Å². The maximum atomic E-state index is 13.8. The molecular formula is C33H34N4O6. The number of benzene rings is 2. The standard InChI is InChI=1S/C27H20N4O5.C6H14O/c1-4-27(2,3)36-26(35)31-23(19-10-6-8-17(12-19)14-29)21-20(25(31)34)22(30(15-32)24(21)33)18-9-5-7-16(11-18)13-28;1-5-6(2,3)7-4/h5-12,15H,4H2,1-3H3;5H2,1-4H3. The Morgan fingerprint density at radius 3 is 1.74 bits per heavy atom. The van der Waals surface area contributed by atoms with Gasteiger partial charge in [-0.25, -0.2) is 14.6 Å². The molecule has 10 nitrogen and oxygen atoms in total. The van der Waals surface area contributed by atoms with Crippen molar-refractivity contribution in [1.29, 1.82) is 10.5 Å². The van der Waals surface area contributed by atoms with Gasteiger partial charge < -0.3 is 9.47 Å². The third-order valence-electron chi connectivity index (χ3n) is 7.48. The zero-order chi connectivity index (χ0) is 32.1. The van der Waals surface area contributed by atoms with Gasteiger partial charge >= 0.3 is 6.09 Å². The number of hydrogen-bond donors (Lipinski definition) is 0. The molecule has 2 aliphatic rings. The first-order chi connectivity index (χ1) is 20.3. The first kappa shape index (κ1) is 32.5. The number of methoxy groups -OCH3 is 1. The fourth-order valence-electron chi connectivity index (χ4n) is 4.12. The molecule has 0 aromatic heterocycles. The van der Waals surface area contributed by atoms with Crippen molar-refractivity contribution >= 4 is 35.7 Å². The minimum Gasteiger partial charge on any atom is -0.443 e. The fourth-order valence-corrected chi connectivity index (χ4v) is 4.12. The summed E-state index contributed by atoms with van der Waals surface area (Å²) in [7, 11) is 1.74. The summed E-state index contributed by atoms with van der Waals surface area (Å²) in [4.78, 5) is 54.2. The summed E-state index contributed by atoms with van der Waals surface area (Å²) >= 11 is 0. The van der Waals surface area contributed by atoms with E-state index in [0.29, 0.717) is 6.42 Å². The Kier molecular flexibility index (Phi) is 9.70. The molecular weight excluding hydrogens is 548 g/mol. The largest absolute Gasteiger partial charge is 0.443 e. The van der Waals surface area contributed by atoms with Crippen LogP contribution in [0, 0.1) is 22.7 Å². The number of carbonyl (C=O) groups is 4. The monoisotopic (exact) mass is 582 g/mol. The highest BCUT2D eigenvalue weighted by Crippen LogP contribution is 2.46. The molecule has 2 aromatic carbocycles. The van der Waals surface area contributed by atoms with Gasteiger partial charge in [0.15, 0.2) is 0 Å². The predicted octanol–water partition coefficient (Wildman–Crippen LogP) is 5.54. The summed E-state index contributed by atoms with van der Waals surface area (Å²) in [6, 6.07) is 16.2. The highest BCUT2D eigenvalue weighted by atomic mass is 16.6. The minimum absolute atomic E-state index is 0.0360. The van der Waals surface area contributed by atoms with Crippen LogP contribution in [0.25, 0.3) is 11.4 Å². The number of hydrogen-bond acceptors (Lipinski definition) is 8. The van der Waals surface area contributed by atoms with Gasteiger partial charge in [0.1, 0.15) is 5.60 Å². The van der Waals surface area contributed by atoms with Crippen LogP contribution in [0.2, 0.25) is 0 Å². The van der Waals surface area contributed by atoms with E-state index in [1.807, 2.05) is 19.1 Å². The Bertz CT molecular complexity index is 1610. The molecule has 0 unspecified atom stereocenters. The molecule has 0 saturated carbocycles. The maximum Gasteiger partial charge on any atom is 0.422 e. The van der Waals surface area contributed by atoms with Gasteiger partial charge in [-0.1, -0.05) is 38.1 Å². The van der Waals surface area contributed by atoms with Crippen LogP contribution in [-0.2, 0) is 23.9 Å². The van der Waals surface area contributed by atoms with Gasteiger partial charge in [0.05, 0.1) is 51.4 Å². The summed E-state index contributed by atoms with van der Waals surface area (Å²) in [5.41, 5.74) is -0.227. The SMILES string of the molecule is CCC(C)(C)OC.CCC(C)(C)OC(=O)N1C(=O)C2=C(c3cccc(C#N)c3)N(C=O)C(=O)C2=C1c1cccc(C#N)c1. The zero-order valence-corrected chi connectivity index (χ0v) is 25.3. The zero-order valence-electron chi connectivity index (χ0n) is 25.3. The van der Waals surface area contributed by atoms with E-state index >= 15 is 0 Å². The highest BCUT2D eigenvalue weighted by molar-refractivity contribution is 6.34. The van der Waals surface area contributed by atoms with E-state index < -0.39 is 23.5 Å². The summed E-state index contributed by atoms with van der Waals surface area (Å²) in [6.07, 6.45) is 0.829. The van der Waals surface area contributed by atoms with Crippen molar-refractivity contribution in [2.45, 2.75) is 65.6 Å². The molecule has 43 heavy (non-hydrogen) atoms. The van der Waals surface area contributed by atoms with E-state index in [1.54, 1.807) is 51.3 Å². The second kappa shape index (κ2) is 12.8. The Hall–Kier alpha value is -5.06. The molecule has 0 atom stereocenters. The Morgan fingerprint density at radius 2 is 1.33 bits per heavy atom. The van der Waals surface area contributed by atoms with E-state index in [1.165, 1.54) is 18.2 Å². The second-order valence-electron chi connectivity index (χ2n) is 11.1. The van der Waals surface area contributed by atoms with Gasteiger partial charge in [-0.3, -0.25) is 14.4 Å². The summed E-state index contributed by atoms with van der Waals surface area (Å²) in [6.45, 7) is 11.5. The van der Waals surface area contributed by atoms with E-state index in [4.69, 9.17) is 9.47 Å². The van der Waals surface area contributed by atoms with E-state index in [-0.39, 0.29) is 56.8 Å². The van der Waals surface area contributed by atoms with Crippen molar-refractivity contribution in [3.8, 4) is 12.1 Å². The molecule has 0 bridgehead atoms. The van der Waals surface area contributed by atoms with Crippen molar-refractivity contribution in [3.63, 3.8) is 0 Å². The summed E-state index contributed by atoms with van der Waals surface area (Å²) in [5, 5.41) is 18.7. The van der Waals surface area contributed by atoms with Crippen molar-refractivity contribution in [2.75, 3.05) is 7.11 Å². The Balaban J connectivity index is 0.000000646. The van der Waals surface area contributed by atoms with Crippen LogP contribution in [0.3, 0.4) is 0 Å². The quantitative estimate of drug-likeness (QED) is 0.388. The number of nitriles is 2. The first-order valence-electron chi connectivity index (χ1n) is 13.7. The van der Waals surface area contributed by atoms with E-state index in [9.17, 15) is 29.7 Å². The number of fused-ring (bicyclic) bond motifs is 1. The van der Waals surface area contributed by atoms with Gasteiger partial charge in [0, 0.05) is 18.2 Å². The van der Waals surface area contributed by atoms with Crippen LogP contribution >= 0.6 is 0 Å². The van der Waals surface area contributed by atoms with Crippen molar-refractivity contribution in [1.82, 2.24) is 9.80 Å². The first-order valence-corrected chi connectivity index (χ1v) is 13.7. The topological polar surface area (TPSA) is 141 Å². The number of ether oxygens (including phenoxy) is 2. The second-order valence-corrected chi connectivity index (χ2v) is 11.1.